The Labute approximate surface area is 111 Å². The molecule has 0 radical (unpaired) electrons. The van der Waals surface area contributed by atoms with Crippen molar-refractivity contribution in [1.82, 2.24) is 0 Å². The summed E-state index contributed by atoms with van der Waals surface area (Å²) in [6, 6.07) is 12.7. The molecule has 0 saturated heterocycles. The molecular formula is C15H16F2N2. The molecular weight excluding hydrogens is 246 g/mol. The quantitative estimate of drug-likeness (QED) is 0.887. The van der Waals surface area contributed by atoms with Crippen molar-refractivity contribution in [3.63, 3.8) is 0 Å². The second kappa shape index (κ2) is 6.18. The van der Waals surface area contributed by atoms with Gasteiger partial charge in [-0.15, -0.1) is 0 Å². The molecule has 0 aromatic heterocycles. The lowest BCUT2D eigenvalue weighted by atomic mass is 10.3. The summed E-state index contributed by atoms with van der Waals surface area (Å²) in [6.07, 6.45) is 0. The molecule has 4 heteroatoms. The number of likely N-dealkylation sites (N-methyl/N-ethyl adjacent to an activating group) is 1. The molecule has 0 aliphatic rings. The van der Waals surface area contributed by atoms with Gasteiger partial charge in [0.15, 0.2) is 0 Å². The standard InChI is InChI=1S/C15H16F2N2/c1-19(15-4-2-3-13(17)11-15)10-9-18-14-7-5-12(16)6-8-14/h2-8,11,18H,9-10H2,1H3. The van der Waals surface area contributed by atoms with Crippen molar-refractivity contribution >= 4 is 11.4 Å². The summed E-state index contributed by atoms with van der Waals surface area (Å²) in [5, 5.41) is 3.19. The average Bonchev–Trinajstić information content (AvgIpc) is 2.41. The van der Waals surface area contributed by atoms with E-state index in [1.54, 1.807) is 18.2 Å². The lowest BCUT2D eigenvalue weighted by molar-refractivity contribution is 0.627. The highest BCUT2D eigenvalue weighted by molar-refractivity contribution is 5.47. The number of hydrogen-bond donors (Lipinski definition) is 1. The van der Waals surface area contributed by atoms with Crippen LogP contribution in [0.2, 0.25) is 0 Å². The van der Waals surface area contributed by atoms with Crippen LogP contribution in [0, 0.1) is 11.6 Å². The van der Waals surface area contributed by atoms with Crippen LogP contribution in [0.3, 0.4) is 0 Å². The van der Waals surface area contributed by atoms with Crippen molar-refractivity contribution < 1.29 is 8.78 Å². The van der Waals surface area contributed by atoms with E-state index in [0.29, 0.717) is 6.54 Å². The highest BCUT2D eigenvalue weighted by Gasteiger charge is 2.01. The van der Waals surface area contributed by atoms with Crippen LogP contribution in [0.5, 0.6) is 0 Å². The van der Waals surface area contributed by atoms with Crippen LogP contribution in [-0.2, 0) is 0 Å². The first kappa shape index (κ1) is 13.3. The van der Waals surface area contributed by atoms with Gasteiger partial charge in [0.05, 0.1) is 0 Å². The summed E-state index contributed by atoms with van der Waals surface area (Å²) in [7, 11) is 1.90. The van der Waals surface area contributed by atoms with Crippen LogP contribution in [-0.4, -0.2) is 20.1 Å². The second-order valence-electron chi connectivity index (χ2n) is 4.34. The third kappa shape index (κ3) is 3.95. The fourth-order valence-electron chi connectivity index (χ4n) is 1.78. The fourth-order valence-corrected chi connectivity index (χ4v) is 1.78. The lowest BCUT2D eigenvalue weighted by Crippen LogP contribution is -2.24. The maximum absolute atomic E-state index is 13.1. The van der Waals surface area contributed by atoms with E-state index in [4.69, 9.17) is 0 Å². The van der Waals surface area contributed by atoms with Gasteiger partial charge in [-0.2, -0.15) is 0 Å². The molecule has 0 aliphatic heterocycles. The topological polar surface area (TPSA) is 15.3 Å². The zero-order valence-corrected chi connectivity index (χ0v) is 10.7. The average molecular weight is 262 g/mol. The number of anilines is 2. The lowest BCUT2D eigenvalue weighted by Gasteiger charge is -2.19. The molecule has 0 spiro atoms. The molecule has 19 heavy (non-hydrogen) atoms. The van der Waals surface area contributed by atoms with E-state index in [9.17, 15) is 8.78 Å². The van der Waals surface area contributed by atoms with E-state index >= 15 is 0 Å². The van der Waals surface area contributed by atoms with Gasteiger partial charge in [-0.25, -0.2) is 8.78 Å². The largest absolute Gasteiger partial charge is 0.383 e. The molecule has 2 aromatic rings. The van der Waals surface area contributed by atoms with E-state index in [1.807, 2.05) is 18.0 Å². The summed E-state index contributed by atoms with van der Waals surface area (Å²) in [5.74, 6) is -0.488. The van der Waals surface area contributed by atoms with Crippen LogP contribution in [0.15, 0.2) is 48.5 Å². The number of nitrogens with zero attached hydrogens (tertiary/aromatic N) is 1. The second-order valence-corrected chi connectivity index (χ2v) is 4.34. The fraction of sp³-hybridized carbons (Fsp3) is 0.200. The van der Waals surface area contributed by atoms with Crippen LogP contribution in [0.4, 0.5) is 20.2 Å². The Hall–Kier alpha value is -2.10. The number of hydrogen-bond acceptors (Lipinski definition) is 2. The molecule has 2 rings (SSSR count). The maximum atomic E-state index is 13.1. The van der Waals surface area contributed by atoms with E-state index in [1.165, 1.54) is 24.3 Å². The maximum Gasteiger partial charge on any atom is 0.125 e. The van der Waals surface area contributed by atoms with Crippen molar-refractivity contribution in [2.24, 2.45) is 0 Å². The molecule has 0 unspecified atom stereocenters. The molecule has 0 fully saturated rings. The highest BCUT2D eigenvalue weighted by Crippen LogP contribution is 2.13. The van der Waals surface area contributed by atoms with Gasteiger partial charge in [-0.05, 0) is 42.5 Å². The van der Waals surface area contributed by atoms with E-state index in [2.05, 4.69) is 5.32 Å². The van der Waals surface area contributed by atoms with Gasteiger partial charge in [0.25, 0.3) is 0 Å². The van der Waals surface area contributed by atoms with E-state index in [-0.39, 0.29) is 11.6 Å². The van der Waals surface area contributed by atoms with Gasteiger partial charge in [-0.1, -0.05) is 6.07 Å². The van der Waals surface area contributed by atoms with Gasteiger partial charge in [0.1, 0.15) is 11.6 Å². The van der Waals surface area contributed by atoms with Gasteiger partial charge in [0, 0.05) is 31.5 Å². The Morgan fingerprint density at radius 2 is 1.74 bits per heavy atom. The molecule has 0 heterocycles. The monoisotopic (exact) mass is 262 g/mol. The third-order valence-corrected chi connectivity index (χ3v) is 2.87. The molecule has 100 valence electrons. The smallest absolute Gasteiger partial charge is 0.125 e. The number of rotatable bonds is 5. The number of nitrogens with one attached hydrogen (secondary N) is 1. The van der Waals surface area contributed by atoms with Crippen molar-refractivity contribution in [2.75, 3.05) is 30.4 Å². The minimum Gasteiger partial charge on any atom is -0.383 e. The molecule has 2 aromatic carbocycles. The molecule has 0 saturated carbocycles. The summed E-state index contributed by atoms with van der Waals surface area (Å²) in [6.45, 7) is 1.42. The zero-order valence-electron chi connectivity index (χ0n) is 10.7. The molecule has 0 aliphatic carbocycles. The Morgan fingerprint density at radius 3 is 2.42 bits per heavy atom. The van der Waals surface area contributed by atoms with Crippen LogP contribution >= 0.6 is 0 Å². The van der Waals surface area contributed by atoms with Crippen molar-refractivity contribution in [3.05, 3.63) is 60.2 Å². The van der Waals surface area contributed by atoms with Crippen LogP contribution in [0.25, 0.3) is 0 Å². The van der Waals surface area contributed by atoms with Crippen molar-refractivity contribution in [2.45, 2.75) is 0 Å². The van der Waals surface area contributed by atoms with Crippen molar-refractivity contribution in [1.29, 1.82) is 0 Å². The predicted octanol–water partition coefficient (Wildman–Crippen LogP) is 3.51. The van der Waals surface area contributed by atoms with Gasteiger partial charge in [0.2, 0.25) is 0 Å². The summed E-state index contributed by atoms with van der Waals surface area (Å²) in [4.78, 5) is 1.96. The molecule has 0 bridgehead atoms. The number of benzene rings is 2. The summed E-state index contributed by atoms with van der Waals surface area (Å²) < 4.78 is 25.8. The first-order valence-corrected chi connectivity index (χ1v) is 6.11. The molecule has 0 amide bonds. The van der Waals surface area contributed by atoms with Gasteiger partial charge in [-0.3, -0.25) is 0 Å². The number of halogens is 2. The minimum absolute atomic E-state index is 0.240. The van der Waals surface area contributed by atoms with Crippen LogP contribution < -0.4 is 10.2 Å². The molecule has 1 N–H and O–H groups in total. The molecule has 0 atom stereocenters. The SMILES string of the molecule is CN(CCNc1ccc(F)cc1)c1cccc(F)c1. The predicted molar refractivity (Wildman–Crippen MR) is 74.6 cm³/mol. The van der Waals surface area contributed by atoms with Gasteiger partial charge >= 0.3 is 0 Å². The molecule has 2 nitrogen and oxygen atoms in total. The van der Waals surface area contributed by atoms with E-state index in [0.717, 1.165) is 17.9 Å². The Bertz CT molecular complexity index is 526. The zero-order chi connectivity index (χ0) is 13.7. The minimum atomic E-state index is -0.248. The Balaban J connectivity index is 1.84. The Morgan fingerprint density at radius 1 is 1.00 bits per heavy atom. The normalized spacial score (nSPS) is 10.3. The van der Waals surface area contributed by atoms with Gasteiger partial charge < -0.3 is 10.2 Å². The third-order valence-electron chi connectivity index (χ3n) is 2.87. The Kier molecular flexibility index (Phi) is 4.34. The highest BCUT2D eigenvalue weighted by atomic mass is 19.1. The van der Waals surface area contributed by atoms with E-state index < -0.39 is 0 Å². The summed E-state index contributed by atoms with van der Waals surface area (Å²) in [5.41, 5.74) is 1.70. The summed E-state index contributed by atoms with van der Waals surface area (Å²) >= 11 is 0. The first-order valence-electron chi connectivity index (χ1n) is 6.11. The first-order chi connectivity index (χ1) is 9.15. The van der Waals surface area contributed by atoms with Crippen LogP contribution in [0.1, 0.15) is 0 Å². The van der Waals surface area contributed by atoms with Crippen molar-refractivity contribution in [3.8, 4) is 0 Å².